The smallest absolute Gasteiger partial charge is 0.345 e. The largest absolute Gasteiger partial charge is 0.374 e. The van der Waals surface area contributed by atoms with Gasteiger partial charge in [0.15, 0.2) is 0 Å². The number of rotatable bonds is 3. The van der Waals surface area contributed by atoms with E-state index in [9.17, 15) is 4.79 Å². The highest BCUT2D eigenvalue weighted by molar-refractivity contribution is 5.72. The van der Waals surface area contributed by atoms with E-state index in [-0.39, 0.29) is 17.1 Å². The zero-order valence-electron chi connectivity index (χ0n) is 15.1. The van der Waals surface area contributed by atoms with Crippen molar-refractivity contribution in [2.45, 2.75) is 84.0 Å². The van der Waals surface area contributed by atoms with Crippen molar-refractivity contribution in [2.24, 2.45) is 11.3 Å². The molecule has 2 aliphatic rings. The van der Waals surface area contributed by atoms with E-state index in [0.717, 1.165) is 38.7 Å². The molecule has 1 spiro atoms. The van der Waals surface area contributed by atoms with E-state index < -0.39 is 11.6 Å². The van der Waals surface area contributed by atoms with Gasteiger partial charge in [-0.1, -0.05) is 19.0 Å². The van der Waals surface area contributed by atoms with Crippen LogP contribution < -0.4 is 16.7 Å². The first-order chi connectivity index (χ1) is 10.5. The molecule has 4 N–H and O–H groups in total. The summed E-state index contributed by atoms with van der Waals surface area (Å²) in [5.74, 6) is 5.17. The molecule has 0 atom stereocenters. The molecule has 1 aliphatic heterocycles. The standard InChI is InChI=1S/C16H32N4O3/c1-14(2,3)23-20(19-13(21)18-17)12-6-8-16(9-7-12)10-15(4,5)11-22-16/h12H,6-11,17H2,1-5H3,(H2,18,19,21). The summed E-state index contributed by atoms with van der Waals surface area (Å²) in [6.45, 7) is 11.2. The Bertz CT molecular complexity index is 426. The van der Waals surface area contributed by atoms with Crippen molar-refractivity contribution in [1.82, 2.24) is 16.0 Å². The normalized spacial score (nSPS) is 30.7. The first-order valence-electron chi connectivity index (χ1n) is 8.44. The van der Waals surface area contributed by atoms with Crippen LogP contribution in [0.1, 0.15) is 66.7 Å². The highest BCUT2D eigenvalue weighted by Crippen LogP contribution is 2.47. The van der Waals surface area contributed by atoms with Crippen LogP contribution in [0.5, 0.6) is 0 Å². The third kappa shape index (κ3) is 5.04. The lowest BCUT2D eigenvalue weighted by Crippen LogP contribution is -2.57. The summed E-state index contributed by atoms with van der Waals surface area (Å²) >= 11 is 0. The summed E-state index contributed by atoms with van der Waals surface area (Å²) in [4.78, 5) is 17.5. The number of hydroxylamine groups is 1. The fraction of sp³-hybridized carbons (Fsp3) is 0.938. The summed E-state index contributed by atoms with van der Waals surface area (Å²) in [6.07, 6.45) is 4.89. The van der Waals surface area contributed by atoms with Gasteiger partial charge in [0.1, 0.15) is 0 Å². The van der Waals surface area contributed by atoms with Gasteiger partial charge in [-0.05, 0) is 58.3 Å². The molecule has 134 valence electrons. The van der Waals surface area contributed by atoms with E-state index in [2.05, 4.69) is 24.7 Å². The van der Waals surface area contributed by atoms with Gasteiger partial charge in [-0.25, -0.2) is 16.1 Å². The van der Waals surface area contributed by atoms with Crippen molar-refractivity contribution >= 4 is 6.03 Å². The molecular weight excluding hydrogens is 296 g/mol. The van der Waals surface area contributed by atoms with Crippen molar-refractivity contribution < 1.29 is 14.4 Å². The zero-order valence-corrected chi connectivity index (χ0v) is 15.1. The molecule has 0 bridgehead atoms. The monoisotopic (exact) mass is 328 g/mol. The van der Waals surface area contributed by atoms with Crippen LogP contribution in [0.3, 0.4) is 0 Å². The Balaban J connectivity index is 1.98. The van der Waals surface area contributed by atoms with Crippen LogP contribution in [-0.4, -0.2) is 35.1 Å². The van der Waals surface area contributed by atoms with Gasteiger partial charge in [0.2, 0.25) is 0 Å². The summed E-state index contributed by atoms with van der Waals surface area (Å²) in [6, 6.07) is -0.364. The topological polar surface area (TPSA) is 88.9 Å². The van der Waals surface area contributed by atoms with Crippen LogP contribution in [-0.2, 0) is 9.57 Å². The molecule has 0 aromatic heterocycles. The quantitative estimate of drug-likeness (QED) is 0.420. The van der Waals surface area contributed by atoms with E-state index in [4.69, 9.17) is 15.4 Å². The van der Waals surface area contributed by atoms with Crippen molar-refractivity contribution in [2.75, 3.05) is 6.61 Å². The summed E-state index contributed by atoms with van der Waals surface area (Å²) < 4.78 is 6.15. The molecule has 2 amide bonds. The lowest BCUT2D eigenvalue weighted by molar-refractivity contribution is -0.277. The van der Waals surface area contributed by atoms with E-state index in [1.165, 1.54) is 0 Å². The lowest BCUT2D eigenvalue weighted by atomic mass is 9.75. The fourth-order valence-corrected chi connectivity index (χ4v) is 3.62. The van der Waals surface area contributed by atoms with Gasteiger partial charge in [-0.2, -0.15) is 0 Å². The highest BCUT2D eigenvalue weighted by atomic mass is 16.7. The Hall–Kier alpha value is -0.890. The molecule has 23 heavy (non-hydrogen) atoms. The Morgan fingerprint density at radius 2 is 1.91 bits per heavy atom. The van der Waals surface area contributed by atoms with Crippen molar-refractivity contribution in [3.8, 4) is 0 Å². The Morgan fingerprint density at radius 3 is 2.35 bits per heavy atom. The van der Waals surface area contributed by atoms with Crippen LogP contribution in [0.2, 0.25) is 0 Å². The van der Waals surface area contributed by atoms with Crippen LogP contribution in [0, 0.1) is 5.41 Å². The molecule has 7 nitrogen and oxygen atoms in total. The maximum Gasteiger partial charge on any atom is 0.345 e. The minimum absolute atomic E-state index is 0.00350. The number of carbonyl (C=O) groups is 1. The maximum absolute atomic E-state index is 11.6. The molecule has 0 radical (unpaired) electrons. The van der Waals surface area contributed by atoms with Gasteiger partial charge in [-0.3, -0.25) is 10.3 Å². The Labute approximate surface area is 139 Å². The summed E-state index contributed by atoms with van der Waals surface area (Å²) in [5, 5.41) is 1.56. The molecule has 2 rings (SSSR count). The number of carbonyl (C=O) groups excluding carboxylic acids is 1. The van der Waals surface area contributed by atoms with Gasteiger partial charge < -0.3 is 4.74 Å². The second kappa shape index (κ2) is 6.55. The van der Waals surface area contributed by atoms with Crippen LogP contribution >= 0.6 is 0 Å². The molecule has 1 saturated carbocycles. The van der Waals surface area contributed by atoms with Gasteiger partial charge in [0.05, 0.1) is 23.9 Å². The van der Waals surface area contributed by atoms with Crippen LogP contribution in [0.15, 0.2) is 0 Å². The Kier molecular flexibility index (Phi) is 5.25. The number of amides is 2. The molecule has 0 aromatic rings. The minimum Gasteiger partial charge on any atom is -0.374 e. The molecule has 1 aliphatic carbocycles. The predicted octanol–water partition coefficient (Wildman–Crippen LogP) is 2.23. The average Bonchev–Trinajstić information content (AvgIpc) is 2.72. The zero-order chi connectivity index (χ0) is 17.3. The summed E-state index contributed by atoms with van der Waals surface area (Å²) in [5.41, 5.74) is 4.63. The molecule has 1 saturated heterocycles. The third-order valence-corrected chi connectivity index (χ3v) is 4.48. The van der Waals surface area contributed by atoms with Gasteiger partial charge in [0.25, 0.3) is 0 Å². The number of nitrogens with one attached hydrogen (secondary N) is 2. The van der Waals surface area contributed by atoms with E-state index in [1.54, 1.807) is 5.17 Å². The molecule has 1 heterocycles. The number of hydrogen-bond acceptors (Lipinski definition) is 5. The number of hydrogen-bond donors (Lipinski definition) is 3. The number of urea groups is 1. The fourth-order valence-electron chi connectivity index (χ4n) is 3.62. The molecule has 7 heteroatoms. The van der Waals surface area contributed by atoms with E-state index in [1.807, 2.05) is 20.8 Å². The molecule has 0 aromatic carbocycles. The highest BCUT2D eigenvalue weighted by Gasteiger charge is 2.47. The van der Waals surface area contributed by atoms with Crippen molar-refractivity contribution in [3.63, 3.8) is 0 Å². The number of ether oxygens (including phenoxy) is 1. The van der Waals surface area contributed by atoms with Gasteiger partial charge in [0, 0.05) is 0 Å². The van der Waals surface area contributed by atoms with Crippen LogP contribution in [0.25, 0.3) is 0 Å². The SMILES string of the molecule is CC1(C)COC2(CCC(N(NC(=O)NN)OC(C)(C)C)CC2)C1. The lowest BCUT2D eigenvalue weighted by Gasteiger charge is -2.42. The van der Waals surface area contributed by atoms with Crippen LogP contribution in [0.4, 0.5) is 4.79 Å². The average molecular weight is 328 g/mol. The van der Waals surface area contributed by atoms with Crippen molar-refractivity contribution in [1.29, 1.82) is 0 Å². The second-order valence-electron chi connectivity index (χ2n) is 8.66. The predicted molar refractivity (Wildman–Crippen MR) is 87.9 cm³/mol. The molecular formula is C16H32N4O3. The Morgan fingerprint density at radius 1 is 1.30 bits per heavy atom. The first kappa shape index (κ1) is 18.4. The maximum atomic E-state index is 11.6. The van der Waals surface area contributed by atoms with Gasteiger partial charge in [-0.15, -0.1) is 0 Å². The van der Waals surface area contributed by atoms with Crippen molar-refractivity contribution in [3.05, 3.63) is 0 Å². The van der Waals surface area contributed by atoms with E-state index >= 15 is 0 Å². The second-order valence-corrected chi connectivity index (χ2v) is 8.66. The minimum atomic E-state index is -0.479. The molecule has 2 fully saturated rings. The van der Waals surface area contributed by atoms with E-state index in [0.29, 0.717) is 0 Å². The third-order valence-electron chi connectivity index (χ3n) is 4.48. The number of hydrazine groups is 2. The first-order valence-corrected chi connectivity index (χ1v) is 8.44. The summed E-state index contributed by atoms with van der Waals surface area (Å²) in [7, 11) is 0. The number of nitrogens with two attached hydrogens (primary N) is 1. The molecule has 0 unspecified atom stereocenters. The number of nitrogens with zero attached hydrogens (tertiary/aromatic N) is 1. The van der Waals surface area contributed by atoms with Gasteiger partial charge >= 0.3 is 6.03 Å².